The van der Waals surface area contributed by atoms with Crippen LogP contribution in [0.5, 0.6) is 0 Å². The van der Waals surface area contributed by atoms with Gasteiger partial charge >= 0.3 is 5.76 Å². The number of nitrogens with zero attached hydrogens (tertiary/aromatic N) is 2. The number of hydrogen-bond donors (Lipinski definition) is 3. The zero-order valence-electron chi connectivity index (χ0n) is 17.6. The first kappa shape index (κ1) is 21.8. The van der Waals surface area contributed by atoms with E-state index in [-0.39, 0.29) is 19.1 Å². The molecule has 166 valence electrons. The number of carbonyl (C=O) groups excluding carboxylic acids is 1. The van der Waals surface area contributed by atoms with Gasteiger partial charge in [-0.25, -0.2) is 4.79 Å². The molecule has 2 aromatic carbocycles. The molecule has 0 radical (unpaired) electrons. The van der Waals surface area contributed by atoms with Gasteiger partial charge in [-0.15, -0.1) is 0 Å². The van der Waals surface area contributed by atoms with Crippen LogP contribution in [0.3, 0.4) is 0 Å². The number of β-amino-alcohol motifs (C(OH)–C–C–N with tert-alkyl or cyclic N) is 1. The number of carbonyl (C=O) groups is 1. The summed E-state index contributed by atoms with van der Waals surface area (Å²) < 4.78 is 12.0. The van der Waals surface area contributed by atoms with Crippen molar-refractivity contribution in [2.45, 2.75) is 24.7 Å². The minimum atomic E-state index is -0.751. The second-order valence-corrected chi connectivity index (χ2v) is 7.83. The van der Waals surface area contributed by atoms with E-state index in [4.69, 9.17) is 9.15 Å². The fraction of sp³-hybridized carbons (Fsp3) is 0.348. The summed E-state index contributed by atoms with van der Waals surface area (Å²) in [6.07, 6.45) is -1.06. The van der Waals surface area contributed by atoms with Crippen LogP contribution in [-0.4, -0.2) is 53.5 Å². The van der Waals surface area contributed by atoms with Crippen LogP contribution in [0.1, 0.15) is 5.56 Å². The Bertz CT molecular complexity index is 1210. The Kier molecular flexibility index (Phi) is 6.37. The zero-order chi connectivity index (χ0) is 22.7. The third kappa shape index (κ3) is 4.73. The molecule has 3 atom stereocenters. The number of hydrogen-bond acceptors (Lipinski definition) is 7. The Morgan fingerprint density at radius 2 is 2.03 bits per heavy atom. The molecule has 0 saturated carbocycles. The second-order valence-electron chi connectivity index (χ2n) is 7.83. The van der Waals surface area contributed by atoms with E-state index in [1.807, 2.05) is 36.4 Å². The summed E-state index contributed by atoms with van der Waals surface area (Å²) in [6, 6.07) is 14.6. The summed E-state index contributed by atoms with van der Waals surface area (Å²) in [7, 11) is 1.66. The summed E-state index contributed by atoms with van der Waals surface area (Å²) in [5, 5.41) is 24.8. The Morgan fingerprint density at radius 3 is 2.78 bits per heavy atom. The van der Waals surface area contributed by atoms with Crippen molar-refractivity contribution in [3.8, 4) is 17.2 Å². The molecule has 1 aliphatic heterocycles. The maximum Gasteiger partial charge on any atom is 0.419 e. The first-order valence-electron chi connectivity index (χ1n) is 10.3. The average molecular weight is 436 g/mol. The molecule has 4 rings (SSSR count). The van der Waals surface area contributed by atoms with E-state index in [1.54, 1.807) is 13.1 Å². The van der Waals surface area contributed by atoms with Gasteiger partial charge in [-0.05, 0) is 28.8 Å². The lowest BCUT2D eigenvalue weighted by atomic mass is 10.0. The number of ether oxygens (including phenoxy) is 1. The Morgan fingerprint density at radius 1 is 1.28 bits per heavy atom. The van der Waals surface area contributed by atoms with Crippen molar-refractivity contribution < 1.29 is 19.1 Å². The Hall–Kier alpha value is -3.45. The molecule has 1 fully saturated rings. The van der Waals surface area contributed by atoms with Gasteiger partial charge < -0.3 is 24.9 Å². The van der Waals surface area contributed by atoms with E-state index in [9.17, 15) is 20.0 Å². The standard InChI is InChI=1S/C23H24N4O5/c1-27-19-9-16(6-7-20(19)32-23(27)30)15-4-2-14(3-5-15)8-17(10-24)26-22(29)21-12-25-11-18(28)13-31-21/h2-7,9,17-18,21,25,28H,8,11-13H2,1H3,(H,26,29)/t17-,18?,21?/m0/s1. The molecule has 0 bridgehead atoms. The molecule has 1 saturated heterocycles. The van der Waals surface area contributed by atoms with Crippen LogP contribution in [-0.2, 0) is 23.0 Å². The average Bonchev–Trinajstić information content (AvgIpc) is 2.94. The van der Waals surface area contributed by atoms with Gasteiger partial charge in [0, 0.05) is 26.6 Å². The van der Waals surface area contributed by atoms with E-state index in [1.165, 1.54) is 4.57 Å². The first-order valence-corrected chi connectivity index (χ1v) is 10.3. The molecule has 9 heteroatoms. The first-order chi connectivity index (χ1) is 15.4. The van der Waals surface area contributed by atoms with Crippen LogP contribution in [0.15, 0.2) is 51.7 Å². The second kappa shape index (κ2) is 9.36. The minimum absolute atomic E-state index is 0.0720. The van der Waals surface area contributed by atoms with Gasteiger partial charge in [-0.3, -0.25) is 9.36 Å². The highest BCUT2D eigenvalue weighted by molar-refractivity contribution is 5.82. The number of nitrogens with one attached hydrogen (secondary N) is 2. The number of aromatic nitrogens is 1. The number of aliphatic hydroxyl groups is 1. The van der Waals surface area contributed by atoms with Gasteiger partial charge in [-0.2, -0.15) is 5.26 Å². The highest BCUT2D eigenvalue weighted by Gasteiger charge is 2.25. The molecule has 3 N–H and O–H groups in total. The van der Waals surface area contributed by atoms with Crippen molar-refractivity contribution in [2.24, 2.45) is 7.05 Å². The Balaban J connectivity index is 1.42. The van der Waals surface area contributed by atoms with Crippen LogP contribution < -0.4 is 16.4 Å². The molecular weight excluding hydrogens is 412 g/mol. The lowest BCUT2D eigenvalue weighted by molar-refractivity contribution is -0.133. The van der Waals surface area contributed by atoms with E-state index in [2.05, 4.69) is 16.7 Å². The van der Waals surface area contributed by atoms with Crippen molar-refractivity contribution >= 4 is 17.0 Å². The van der Waals surface area contributed by atoms with Crippen molar-refractivity contribution in [2.75, 3.05) is 19.7 Å². The molecule has 1 aromatic heterocycles. The molecule has 3 aromatic rings. The van der Waals surface area contributed by atoms with Gasteiger partial charge in [0.15, 0.2) is 5.58 Å². The monoisotopic (exact) mass is 436 g/mol. The van der Waals surface area contributed by atoms with Crippen LogP contribution >= 0.6 is 0 Å². The number of rotatable bonds is 5. The molecule has 1 amide bonds. The number of nitriles is 1. The van der Waals surface area contributed by atoms with Crippen LogP contribution in [0, 0.1) is 11.3 Å². The number of aliphatic hydroxyl groups excluding tert-OH is 1. The number of benzene rings is 2. The van der Waals surface area contributed by atoms with Crippen molar-refractivity contribution in [1.29, 1.82) is 5.26 Å². The lowest BCUT2D eigenvalue weighted by Gasteiger charge is -2.18. The van der Waals surface area contributed by atoms with Gasteiger partial charge in [0.25, 0.3) is 5.91 Å². The molecule has 0 aliphatic carbocycles. The van der Waals surface area contributed by atoms with Crippen LogP contribution in [0.2, 0.25) is 0 Å². The summed E-state index contributed by atoms with van der Waals surface area (Å²) in [4.78, 5) is 24.1. The predicted molar refractivity (Wildman–Crippen MR) is 117 cm³/mol. The Labute approximate surface area is 184 Å². The summed E-state index contributed by atoms with van der Waals surface area (Å²) in [5.74, 6) is -0.785. The lowest BCUT2D eigenvalue weighted by Crippen LogP contribution is -2.46. The number of oxazole rings is 1. The topological polar surface area (TPSA) is 130 Å². The summed E-state index contributed by atoms with van der Waals surface area (Å²) in [6.45, 7) is 0.715. The molecule has 0 spiro atoms. The van der Waals surface area contributed by atoms with Gasteiger partial charge in [0.2, 0.25) is 0 Å². The smallest absolute Gasteiger partial charge is 0.408 e. The number of aryl methyl sites for hydroxylation is 1. The van der Waals surface area contributed by atoms with Crippen molar-refractivity contribution in [3.63, 3.8) is 0 Å². The van der Waals surface area contributed by atoms with Gasteiger partial charge in [-0.1, -0.05) is 30.3 Å². The predicted octanol–water partition coefficient (Wildman–Crippen LogP) is 0.699. The maximum atomic E-state index is 12.5. The number of amides is 1. The molecule has 9 nitrogen and oxygen atoms in total. The maximum absolute atomic E-state index is 12.5. The van der Waals surface area contributed by atoms with Crippen LogP contribution in [0.4, 0.5) is 0 Å². The fourth-order valence-corrected chi connectivity index (χ4v) is 3.66. The molecular formula is C23H24N4O5. The molecule has 2 heterocycles. The van der Waals surface area contributed by atoms with Gasteiger partial charge in [0.05, 0.1) is 24.3 Å². The normalized spacial score (nSPS) is 19.8. The largest absolute Gasteiger partial charge is 0.419 e. The van der Waals surface area contributed by atoms with E-state index < -0.39 is 24.0 Å². The highest BCUT2D eigenvalue weighted by Crippen LogP contribution is 2.24. The van der Waals surface area contributed by atoms with Crippen LogP contribution in [0.25, 0.3) is 22.2 Å². The van der Waals surface area contributed by atoms with Crippen molar-refractivity contribution in [3.05, 3.63) is 58.6 Å². The van der Waals surface area contributed by atoms with E-state index in [0.29, 0.717) is 24.1 Å². The summed E-state index contributed by atoms with van der Waals surface area (Å²) >= 11 is 0. The minimum Gasteiger partial charge on any atom is -0.408 e. The highest BCUT2D eigenvalue weighted by atomic mass is 16.5. The molecule has 1 aliphatic rings. The molecule has 32 heavy (non-hydrogen) atoms. The number of fused-ring (bicyclic) bond motifs is 1. The summed E-state index contributed by atoms with van der Waals surface area (Å²) in [5.41, 5.74) is 4.04. The zero-order valence-corrected chi connectivity index (χ0v) is 17.6. The third-order valence-electron chi connectivity index (χ3n) is 5.48. The third-order valence-corrected chi connectivity index (χ3v) is 5.48. The van der Waals surface area contributed by atoms with E-state index in [0.717, 1.165) is 16.7 Å². The SMILES string of the molecule is Cn1c(=O)oc2ccc(-c3ccc(C[C@@H](C#N)NC(=O)C4CNCC(O)CO4)cc3)cc21. The van der Waals surface area contributed by atoms with Gasteiger partial charge in [0.1, 0.15) is 12.1 Å². The molecule has 2 unspecified atom stereocenters. The van der Waals surface area contributed by atoms with E-state index >= 15 is 0 Å². The fourth-order valence-electron chi connectivity index (χ4n) is 3.66. The quantitative estimate of drug-likeness (QED) is 0.537. The van der Waals surface area contributed by atoms with Crippen molar-refractivity contribution in [1.82, 2.24) is 15.2 Å².